The van der Waals surface area contributed by atoms with Gasteiger partial charge in [-0.3, -0.25) is 4.79 Å². The third-order valence-electron chi connectivity index (χ3n) is 2.69. The van der Waals surface area contributed by atoms with Gasteiger partial charge in [-0.2, -0.15) is 0 Å². The quantitative estimate of drug-likeness (QED) is 0.635. The average molecular weight is 239 g/mol. The molecule has 0 spiro atoms. The highest BCUT2D eigenvalue weighted by molar-refractivity contribution is 6.59. The lowest BCUT2D eigenvalue weighted by atomic mass is 9.79. The van der Waals surface area contributed by atoms with Crippen molar-refractivity contribution in [1.82, 2.24) is 5.32 Å². The Kier molecular flexibility index (Phi) is 3.19. The number of hydrogen-bond donors (Lipinski definition) is 3. The summed E-state index contributed by atoms with van der Waals surface area (Å²) in [7, 11) is -1.52. The zero-order valence-corrected chi connectivity index (χ0v) is 9.24. The lowest BCUT2D eigenvalue weighted by molar-refractivity contribution is -0.119. The molecule has 1 aromatic rings. The molecule has 1 aliphatic heterocycles. The average Bonchev–Trinajstić information content (AvgIpc) is 2.64. The highest BCUT2D eigenvalue weighted by Crippen LogP contribution is 2.28. The predicted molar refractivity (Wildman–Crippen MR) is 61.4 cm³/mol. The second-order valence-electron chi connectivity index (χ2n) is 3.81. The minimum absolute atomic E-state index is 0.0207. The lowest BCUT2D eigenvalue weighted by Crippen LogP contribution is -2.30. The molecule has 84 valence electrons. The largest absolute Gasteiger partial charge is 0.488 e. The first-order chi connectivity index (χ1) is 7.58. The summed E-state index contributed by atoms with van der Waals surface area (Å²) in [4.78, 5) is 11.1. The maximum Gasteiger partial charge on any atom is 0.488 e. The van der Waals surface area contributed by atoms with Crippen molar-refractivity contribution in [3.63, 3.8) is 0 Å². The molecule has 1 fully saturated rings. The SMILES string of the molecule is O=C1CCC(c2ccc(B(O)O)cc2Cl)N1. The molecule has 3 N–H and O–H groups in total. The van der Waals surface area contributed by atoms with Crippen molar-refractivity contribution >= 4 is 30.1 Å². The molecular weight excluding hydrogens is 228 g/mol. The van der Waals surface area contributed by atoms with E-state index < -0.39 is 7.12 Å². The van der Waals surface area contributed by atoms with E-state index in [1.807, 2.05) is 0 Å². The Balaban J connectivity index is 2.26. The van der Waals surface area contributed by atoms with Crippen LogP contribution in [0.25, 0.3) is 0 Å². The minimum Gasteiger partial charge on any atom is -0.423 e. The fourth-order valence-corrected chi connectivity index (χ4v) is 2.15. The van der Waals surface area contributed by atoms with Crippen molar-refractivity contribution in [2.75, 3.05) is 0 Å². The molecule has 1 aliphatic rings. The van der Waals surface area contributed by atoms with Gasteiger partial charge in [-0.15, -0.1) is 0 Å². The Bertz CT molecular complexity index is 425. The third-order valence-corrected chi connectivity index (χ3v) is 3.02. The van der Waals surface area contributed by atoms with Crippen LogP contribution in [0.5, 0.6) is 0 Å². The van der Waals surface area contributed by atoms with Gasteiger partial charge in [0.2, 0.25) is 5.91 Å². The number of carbonyl (C=O) groups excluding carboxylic acids is 1. The molecule has 0 aliphatic carbocycles. The minimum atomic E-state index is -1.52. The molecule has 1 saturated heterocycles. The summed E-state index contributed by atoms with van der Waals surface area (Å²) >= 11 is 6.03. The van der Waals surface area contributed by atoms with E-state index in [1.165, 1.54) is 6.07 Å². The number of amides is 1. The normalized spacial score (nSPS) is 19.7. The van der Waals surface area contributed by atoms with E-state index in [0.29, 0.717) is 16.9 Å². The van der Waals surface area contributed by atoms with Gasteiger partial charge >= 0.3 is 7.12 Å². The molecule has 2 rings (SSSR count). The summed E-state index contributed by atoms with van der Waals surface area (Å²) in [6.45, 7) is 0. The van der Waals surface area contributed by atoms with Gasteiger partial charge in [0.25, 0.3) is 0 Å². The smallest absolute Gasteiger partial charge is 0.423 e. The van der Waals surface area contributed by atoms with Gasteiger partial charge in [0.1, 0.15) is 0 Å². The Labute approximate surface area is 98.4 Å². The number of rotatable bonds is 2. The van der Waals surface area contributed by atoms with Crippen LogP contribution in [-0.2, 0) is 4.79 Å². The maximum absolute atomic E-state index is 11.1. The second-order valence-corrected chi connectivity index (χ2v) is 4.22. The topological polar surface area (TPSA) is 69.6 Å². The Hall–Kier alpha value is -1.04. The van der Waals surface area contributed by atoms with Crippen LogP contribution < -0.4 is 10.8 Å². The first kappa shape index (κ1) is 11.5. The van der Waals surface area contributed by atoms with Crippen LogP contribution in [0.1, 0.15) is 24.4 Å². The molecule has 16 heavy (non-hydrogen) atoms. The van der Waals surface area contributed by atoms with Crippen LogP contribution in [0.15, 0.2) is 18.2 Å². The summed E-state index contributed by atoms with van der Waals surface area (Å²) in [6, 6.07) is 4.75. The van der Waals surface area contributed by atoms with Crippen LogP contribution in [0.4, 0.5) is 0 Å². The van der Waals surface area contributed by atoms with Crippen molar-refractivity contribution in [1.29, 1.82) is 0 Å². The molecule has 1 aromatic carbocycles. The van der Waals surface area contributed by atoms with E-state index >= 15 is 0 Å². The van der Waals surface area contributed by atoms with Crippen LogP contribution in [0.3, 0.4) is 0 Å². The number of nitrogens with one attached hydrogen (secondary N) is 1. The van der Waals surface area contributed by atoms with Gasteiger partial charge in [-0.05, 0) is 23.5 Å². The molecule has 4 nitrogen and oxygen atoms in total. The zero-order chi connectivity index (χ0) is 11.7. The number of benzene rings is 1. The van der Waals surface area contributed by atoms with E-state index in [-0.39, 0.29) is 11.9 Å². The third kappa shape index (κ3) is 2.21. The molecule has 1 amide bonds. The second kappa shape index (κ2) is 4.45. The van der Waals surface area contributed by atoms with Crippen molar-refractivity contribution in [3.8, 4) is 0 Å². The molecule has 1 heterocycles. The van der Waals surface area contributed by atoms with Gasteiger partial charge in [0.05, 0.1) is 6.04 Å². The first-order valence-electron chi connectivity index (χ1n) is 5.03. The summed E-state index contributed by atoms with van der Waals surface area (Å²) in [6.07, 6.45) is 1.23. The molecule has 1 unspecified atom stereocenters. The lowest BCUT2D eigenvalue weighted by Gasteiger charge is -2.13. The monoisotopic (exact) mass is 239 g/mol. The standard InChI is InChI=1S/C10H11BClNO3/c12-8-5-6(11(15)16)1-2-7(8)9-3-4-10(14)13-9/h1-2,5,9,15-16H,3-4H2,(H,13,14). The van der Waals surface area contributed by atoms with Crippen LogP contribution in [-0.4, -0.2) is 23.1 Å². The van der Waals surface area contributed by atoms with Crippen molar-refractivity contribution in [2.45, 2.75) is 18.9 Å². The van der Waals surface area contributed by atoms with E-state index in [1.54, 1.807) is 12.1 Å². The summed E-state index contributed by atoms with van der Waals surface area (Å²) in [5, 5.41) is 21.2. The summed E-state index contributed by atoms with van der Waals surface area (Å²) < 4.78 is 0. The zero-order valence-electron chi connectivity index (χ0n) is 8.48. The molecule has 6 heteroatoms. The predicted octanol–water partition coefficient (Wildman–Crippen LogP) is -0.0291. The van der Waals surface area contributed by atoms with Gasteiger partial charge in [-0.25, -0.2) is 0 Å². The van der Waals surface area contributed by atoms with Gasteiger partial charge in [0, 0.05) is 11.4 Å². The molecule has 0 aromatic heterocycles. The summed E-state index contributed by atoms with van der Waals surface area (Å²) in [5.41, 5.74) is 1.16. The van der Waals surface area contributed by atoms with Crippen LogP contribution in [0.2, 0.25) is 5.02 Å². The number of carbonyl (C=O) groups is 1. The Morgan fingerprint density at radius 2 is 2.19 bits per heavy atom. The molecule has 0 bridgehead atoms. The van der Waals surface area contributed by atoms with Crippen molar-refractivity contribution < 1.29 is 14.8 Å². The van der Waals surface area contributed by atoms with E-state index in [4.69, 9.17) is 21.6 Å². The first-order valence-corrected chi connectivity index (χ1v) is 5.40. The van der Waals surface area contributed by atoms with Crippen LogP contribution in [0, 0.1) is 0 Å². The maximum atomic E-state index is 11.1. The van der Waals surface area contributed by atoms with E-state index in [0.717, 1.165) is 12.0 Å². The molecule has 1 atom stereocenters. The highest BCUT2D eigenvalue weighted by Gasteiger charge is 2.24. The molecular formula is C10H11BClNO3. The van der Waals surface area contributed by atoms with Crippen molar-refractivity contribution in [2.24, 2.45) is 0 Å². The highest BCUT2D eigenvalue weighted by atomic mass is 35.5. The van der Waals surface area contributed by atoms with Gasteiger partial charge in [-0.1, -0.05) is 23.7 Å². The fraction of sp³-hybridized carbons (Fsp3) is 0.300. The fourth-order valence-electron chi connectivity index (χ4n) is 1.83. The van der Waals surface area contributed by atoms with E-state index in [9.17, 15) is 4.79 Å². The van der Waals surface area contributed by atoms with E-state index in [2.05, 4.69) is 5.32 Å². The number of hydrogen-bond acceptors (Lipinski definition) is 3. The van der Waals surface area contributed by atoms with Gasteiger partial charge in [0.15, 0.2) is 0 Å². The van der Waals surface area contributed by atoms with Crippen molar-refractivity contribution in [3.05, 3.63) is 28.8 Å². The Morgan fingerprint density at radius 3 is 2.69 bits per heavy atom. The number of halogens is 1. The van der Waals surface area contributed by atoms with Gasteiger partial charge < -0.3 is 15.4 Å². The molecule has 0 radical (unpaired) electrons. The molecule has 0 saturated carbocycles. The Morgan fingerprint density at radius 1 is 1.44 bits per heavy atom. The van der Waals surface area contributed by atoms with Crippen LogP contribution >= 0.6 is 11.6 Å². The summed E-state index contributed by atoms with van der Waals surface area (Å²) in [5.74, 6) is 0.0207.